The van der Waals surface area contributed by atoms with E-state index in [1.807, 2.05) is 0 Å². The number of nitrogens with zero attached hydrogens (tertiary/aromatic N) is 5. The van der Waals surface area contributed by atoms with E-state index in [1.165, 1.54) is 17.1 Å². The number of pyridine rings is 1. The lowest BCUT2D eigenvalue weighted by Crippen LogP contribution is -2.46. The van der Waals surface area contributed by atoms with E-state index in [0.717, 1.165) is 0 Å². The van der Waals surface area contributed by atoms with Gasteiger partial charge in [-0.1, -0.05) is 12.1 Å². The Labute approximate surface area is 178 Å². The Kier molecular flexibility index (Phi) is 5.37. The number of carbonyl (C=O) groups excluding carboxylic acids is 2. The standard InChI is InChI=1S/C22H20N6O3/c1-27-9-8-17(10-20(27)29)26-21(30)16-6-7-19(24-12-16)28-22(31)18(13-25-28)15-4-2-14(11-23)3-5-15/h2-7,12-13,17,31H,8-10H2,1H3,(H,26,30). The quantitative estimate of drug-likeness (QED) is 0.669. The number of hydrogen-bond acceptors (Lipinski definition) is 6. The molecule has 2 N–H and O–H groups in total. The van der Waals surface area contributed by atoms with Crippen LogP contribution in [0.5, 0.6) is 5.88 Å². The van der Waals surface area contributed by atoms with Crippen molar-refractivity contribution in [1.29, 1.82) is 5.26 Å². The zero-order valence-corrected chi connectivity index (χ0v) is 16.8. The fourth-order valence-electron chi connectivity index (χ4n) is 3.42. The molecule has 1 atom stereocenters. The largest absolute Gasteiger partial charge is 0.493 e. The fourth-order valence-corrected chi connectivity index (χ4v) is 3.42. The van der Waals surface area contributed by atoms with Gasteiger partial charge in [-0.25, -0.2) is 4.98 Å². The van der Waals surface area contributed by atoms with Crippen LogP contribution in [0.3, 0.4) is 0 Å². The Hall–Kier alpha value is -4.19. The summed E-state index contributed by atoms with van der Waals surface area (Å²) in [6.45, 7) is 0.612. The molecule has 0 spiro atoms. The third kappa shape index (κ3) is 4.09. The van der Waals surface area contributed by atoms with Gasteiger partial charge in [-0.05, 0) is 36.2 Å². The monoisotopic (exact) mass is 416 g/mol. The minimum atomic E-state index is -0.302. The van der Waals surface area contributed by atoms with Crippen LogP contribution in [-0.2, 0) is 4.79 Å². The number of likely N-dealkylation sites (tertiary alicyclic amines) is 1. The maximum absolute atomic E-state index is 12.5. The van der Waals surface area contributed by atoms with Crippen molar-refractivity contribution in [2.45, 2.75) is 18.9 Å². The number of piperidine rings is 1. The van der Waals surface area contributed by atoms with Crippen molar-refractivity contribution in [3.8, 4) is 28.9 Å². The number of carbonyl (C=O) groups is 2. The Morgan fingerprint density at radius 2 is 2.00 bits per heavy atom. The number of nitriles is 1. The Balaban J connectivity index is 1.48. The molecule has 9 nitrogen and oxygen atoms in total. The highest BCUT2D eigenvalue weighted by Crippen LogP contribution is 2.30. The minimum absolute atomic E-state index is 0.0113. The summed E-state index contributed by atoms with van der Waals surface area (Å²) in [5.74, 6) is -0.0377. The maximum atomic E-state index is 12.5. The van der Waals surface area contributed by atoms with Gasteiger partial charge in [0.15, 0.2) is 5.82 Å². The number of hydrogen-bond donors (Lipinski definition) is 2. The average molecular weight is 416 g/mol. The van der Waals surface area contributed by atoms with E-state index in [4.69, 9.17) is 5.26 Å². The van der Waals surface area contributed by atoms with Gasteiger partial charge in [0.25, 0.3) is 5.91 Å². The molecular formula is C22H20N6O3. The van der Waals surface area contributed by atoms with Crippen molar-refractivity contribution in [2.24, 2.45) is 0 Å². The summed E-state index contributed by atoms with van der Waals surface area (Å²) < 4.78 is 1.27. The Morgan fingerprint density at radius 3 is 2.65 bits per heavy atom. The molecule has 9 heteroatoms. The van der Waals surface area contributed by atoms with Gasteiger partial charge in [-0.2, -0.15) is 15.0 Å². The number of rotatable bonds is 4. The topological polar surface area (TPSA) is 124 Å². The van der Waals surface area contributed by atoms with Crippen molar-refractivity contribution < 1.29 is 14.7 Å². The summed E-state index contributed by atoms with van der Waals surface area (Å²) in [6.07, 6.45) is 3.91. The van der Waals surface area contributed by atoms with Crippen molar-refractivity contribution in [1.82, 2.24) is 25.0 Å². The van der Waals surface area contributed by atoms with Gasteiger partial charge in [0.05, 0.1) is 29.0 Å². The number of aromatic nitrogens is 3. The first-order valence-corrected chi connectivity index (χ1v) is 9.75. The molecule has 4 rings (SSSR count). The highest BCUT2D eigenvalue weighted by molar-refractivity contribution is 5.94. The van der Waals surface area contributed by atoms with E-state index in [9.17, 15) is 14.7 Å². The third-order valence-corrected chi connectivity index (χ3v) is 5.29. The summed E-state index contributed by atoms with van der Waals surface area (Å²) in [7, 11) is 1.75. The molecule has 2 amide bonds. The molecule has 31 heavy (non-hydrogen) atoms. The van der Waals surface area contributed by atoms with Crippen molar-refractivity contribution >= 4 is 11.8 Å². The van der Waals surface area contributed by atoms with E-state index >= 15 is 0 Å². The first-order chi connectivity index (χ1) is 15.0. The normalized spacial score (nSPS) is 16.1. The van der Waals surface area contributed by atoms with Crippen LogP contribution in [0.4, 0.5) is 0 Å². The van der Waals surface area contributed by atoms with Crippen molar-refractivity contribution in [3.63, 3.8) is 0 Å². The summed E-state index contributed by atoms with van der Waals surface area (Å²) in [6, 6.07) is 11.8. The van der Waals surface area contributed by atoms with Gasteiger partial charge in [0.2, 0.25) is 11.8 Å². The van der Waals surface area contributed by atoms with E-state index in [0.29, 0.717) is 41.0 Å². The first kappa shape index (κ1) is 20.1. The van der Waals surface area contributed by atoms with Gasteiger partial charge in [0, 0.05) is 32.3 Å². The van der Waals surface area contributed by atoms with E-state index in [-0.39, 0.29) is 30.2 Å². The lowest BCUT2D eigenvalue weighted by atomic mass is 10.0. The second-order valence-corrected chi connectivity index (χ2v) is 7.37. The van der Waals surface area contributed by atoms with Crippen LogP contribution in [0, 0.1) is 11.3 Å². The highest BCUT2D eigenvalue weighted by atomic mass is 16.3. The third-order valence-electron chi connectivity index (χ3n) is 5.29. The molecule has 0 aliphatic carbocycles. The van der Waals surface area contributed by atoms with E-state index in [2.05, 4.69) is 21.5 Å². The van der Waals surface area contributed by atoms with Gasteiger partial charge in [0.1, 0.15) is 0 Å². The number of aromatic hydroxyl groups is 1. The molecular weight excluding hydrogens is 396 g/mol. The molecule has 3 heterocycles. The summed E-state index contributed by atoms with van der Waals surface area (Å²) in [5.41, 5.74) is 2.09. The minimum Gasteiger partial charge on any atom is -0.493 e. The predicted molar refractivity (Wildman–Crippen MR) is 111 cm³/mol. The lowest BCUT2D eigenvalue weighted by molar-refractivity contribution is -0.132. The zero-order valence-electron chi connectivity index (χ0n) is 16.8. The second kappa shape index (κ2) is 8.28. The van der Waals surface area contributed by atoms with Crippen LogP contribution in [0.2, 0.25) is 0 Å². The molecule has 2 aromatic heterocycles. The molecule has 3 aromatic rings. The molecule has 1 unspecified atom stereocenters. The molecule has 1 fully saturated rings. The summed E-state index contributed by atoms with van der Waals surface area (Å²) in [4.78, 5) is 30.2. The molecule has 0 bridgehead atoms. The van der Waals surface area contributed by atoms with Crippen LogP contribution in [-0.4, -0.2) is 56.2 Å². The zero-order chi connectivity index (χ0) is 22.0. The highest BCUT2D eigenvalue weighted by Gasteiger charge is 2.25. The smallest absolute Gasteiger partial charge is 0.253 e. The Morgan fingerprint density at radius 1 is 1.23 bits per heavy atom. The van der Waals surface area contributed by atoms with Crippen LogP contribution in [0.1, 0.15) is 28.8 Å². The summed E-state index contributed by atoms with van der Waals surface area (Å²) >= 11 is 0. The van der Waals surface area contributed by atoms with Crippen LogP contribution >= 0.6 is 0 Å². The molecule has 0 saturated carbocycles. The molecule has 0 radical (unpaired) electrons. The number of benzene rings is 1. The van der Waals surface area contributed by atoms with E-state index < -0.39 is 0 Å². The van der Waals surface area contributed by atoms with Gasteiger partial charge in [-0.3, -0.25) is 9.59 Å². The molecule has 1 aliphatic rings. The average Bonchev–Trinajstić information content (AvgIpc) is 3.17. The number of nitrogens with one attached hydrogen (secondary N) is 1. The van der Waals surface area contributed by atoms with Crippen LogP contribution in [0.15, 0.2) is 48.8 Å². The SMILES string of the molecule is CN1CCC(NC(=O)c2ccc(-n3ncc(-c4ccc(C#N)cc4)c3O)nc2)CC1=O. The predicted octanol–water partition coefficient (Wildman–Crippen LogP) is 1.86. The second-order valence-electron chi connectivity index (χ2n) is 7.37. The lowest BCUT2D eigenvalue weighted by Gasteiger charge is -2.29. The number of amides is 2. The van der Waals surface area contributed by atoms with Crippen molar-refractivity contribution in [3.05, 3.63) is 59.9 Å². The fraction of sp³-hybridized carbons (Fsp3) is 0.227. The first-order valence-electron chi connectivity index (χ1n) is 9.75. The maximum Gasteiger partial charge on any atom is 0.253 e. The molecule has 156 valence electrons. The Bertz CT molecular complexity index is 1160. The van der Waals surface area contributed by atoms with Crippen molar-refractivity contribution in [2.75, 3.05) is 13.6 Å². The van der Waals surface area contributed by atoms with Crippen LogP contribution in [0.25, 0.3) is 16.9 Å². The molecule has 1 saturated heterocycles. The van der Waals surface area contributed by atoms with E-state index in [1.54, 1.807) is 48.3 Å². The van der Waals surface area contributed by atoms with Gasteiger partial charge >= 0.3 is 0 Å². The summed E-state index contributed by atoms with van der Waals surface area (Å²) in [5, 5.41) is 26.6. The molecule has 1 aliphatic heterocycles. The molecule has 1 aromatic carbocycles. The van der Waals surface area contributed by atoms with Crippen LogP contribution < -0.4 is 5.32 Å². The van der Waals surface area contributed by atoms with Gasteiger partial charge < -0.3 is 15.3 Å². The van der Waals surface area contributed by atoms with Gasteiger partial charge in [-0.15, -0.1) is 0 Å².